The van der Waals surface area contributed by atoms with Crippen LogP contribution in [0.15, 0.2) is 24.3 Å². The second-order valence-electron chi connectivity index (χ2n) is 7.06. The lowest BCUT2D eigenvalue weighted by Gasteiger charge is -2.28. The summed E-state index contributed by atoms with van der Waals surface area (Å²) in [4.78, 5) is 24.1. The Kier molecular flexibility index (Phi) is 6.79. The van der Waals surface area contributed by atoms with Crippen molar-refractivity contribution in [2.45, 2.75) is 40.0 Å². The van der Waals surface area contributed by atoms with Gasteiger partial charge in [0, 0.05) is 23.7 Å². The molecule has 2 atom stereocenters. The van der Waals surface area contributed by atoms with Gasteiger partial charge in [-0.1, -0.05) is 26.8 Å². The number of rotatable bonds is 6. The first kappa shape index (κ1) is 18.5. The second-order valence-corrected chi connectivity index (χ2v) is 7.06. The predicted octanol–water partition coefficient (Wildman–Crippen LogP) is 3.25. The Balaban J connectivity index is 1.88. The van der Waals surface area contributed by atoms with E-state index in [1.807, 2.05) is 32.0 Å². The molecule has 0 radical (unpaired) electrons. The number of hydrogen-bond donors (Lipinski definition) is 3. The van der Waals surface area contributed by atoms with E-state index in [1.54, 1.807) is 6.07 Å². The lowest BCUT2D eigenvalue weighted by Crippen LogP contribution is -2.34. The van der Waals surface area contributed by atoms with E-state index in [9.17, 15) is 9.59 Å². The van der Waals surface area contributed by atoms with Crippen LogP contribution in [0.4, 0.5) is 11.4 Å². The van der Waals surface area contributed by atoms with Crippen LogP contribution in [0.25, 0.3) is 0 Å². The van der Waals surface area contributed by atoms with E-state index in [0.29, 0.717) is 23.9 Å². The SMILES string of the molecule is CC(C)C(=O)Nc1cccc(NC(=O)CC(C)C2CCCNC2)c1. The van der Waals surface area contributed by atoms with E-state index in [0.717, 1.165) is 18.8 Å². The van der Waals surface area contributed by atoms with Crippen molar-refractivity contribution in [3.63, 3.8) is 0 Å². The standard InChI is InChI=1S/C19H29N3O2/c1-13(2)19(24)22-17-8-4-7-16(11-17)21-18(23)10-14(3)15-6-5-9-20-12-15/h4,7-8,11,13-15,20H,5-6,9-10,12H2,1-3H3,(H,21,23)(H,22,24). The molecule has 0 aliphatic carbocycles. The molecule has 5 heteroatoms. The molecule has 2 amide bonds. The molecule has 1 heterocycles. The summed E-state index contributed by atoms with van der Waals surface area (Å²) < 4.78 is 0. The number of hydrogen-bond acceptors (Lipinski definition) is 3. The maximum absolute atomic E-state index is 12.3. The monoisotopic (exact) mass is 331 g/mol. The van der Waals surface area contributed by atoms with Gasteiger partial charge in [-0.15, -0.1) is 0 Å². The third kappa shape index (κ3) is 5.64. The van der Waals surface area contributed by atoms with Crippen LogP contribution in [0, 0.1) is 17.8 Å². The number of amides is 2. The van der Waals surface area contributed by atoms with Crippen molar-refractivity contribution in [1.29, 1.82) is 0 Å². The summed E-state index contributed by atoms with van der Waals surface area (Å²) in [5, 5.41) is 9.19. The van der Waals surface area contributed by atoms with Crippen molar-refractivity contribution < 1.29 is 9.59 Å². The summed E-state index contributed by atoms with van der Waals surface area (Å²) in [6, 6.07) is 7.30. The summed E-state index contributed by atoms with van der Waals surface area (Å²) >= 11 is 0. The van der Waals surface area contributed by atoms with Gasteiger partial charge in [-0.2, -0.15) is 0 Å². The molecule has 24 heavy (non-hydrogen) atoms. The summed E-state index contributed by atoms with van der Waals surface area (Å²) in [6.45, 7) is 7.94. The Labute approximate surface area is 144 Å². The van der Waals surface area contributed by atoms with Gasteiger partial charge in [-0.05, 0) is 56.0 Å². The van der Waals surface area contributed by atoms with Crippen molar-refractivity contribution in [2.75, 3.05) is 23.7 Å². The number of anilines is 2. The number of nitrogens with one attached hydrogen (secondary N) is 3. The molecule has 0 spiro atoms. The molecule has 1 aliphatic rings. The van der Waals surface area contributed by atoms with Gasteiger partial charge in [0.25, 0.3) is 0 Å². The Morgan fingerprint density at radius 1 is 1.21 bits per heavy atom. The van der Waals surface area contributed by atoms with Crippen LogP contribution < -0.4 is 16.0 Å². The lowest BCUT2D eigenvalue weighted by atomic mass is 9.85. The highest BCUT2D eigenvalue weighted by atomic mass is 16.2. The zero-order valence-corrected chi connectivity index (χ0v) is 14.9. The number of benzene rings is 1. The molecule has 132 valence electrons. The molecule has 2 unspecified atom stereocenters. The smallest absolute Gasteiger partial charge is 0.226 e. The summed E-state index contributed by atoms with van der Waals surface area (Å²) in [5.74, 6) is 0.855. The largest absolute Gasteiger partial charge is 0.326 e. The van der Waals surface area contributed by atoms with Gasteiger partial charge in [-0.3, -0.25) is 9.59 Å². The molecule has 0 aromatic heterocycles. The Morgan fingerprint density at radius 3 is 2.54 bits per heavy atom. The fraction of sp³-hybridized carbons (Fsp3) is 0.579. The third-order valence-corrected chi connectivity index (χ3v) is 4.59. The average Bonchev–Trinajstić information content (AvgIpc) is 2.55. The molecule has 1 aromatic rings. The van der Waals surface area contributed by atoms with Gasteiger partial charge >= 0.3 is 0 Å². The van der Waals surface area contributed by atoms with Gasteiger partial charge in [-0.25, -0.2) is 0 Å². The fourth-order valence-corrected chi connectivity index (χ4v) is 3.00. The van der Waals surface area contributed by atoms with Crippen molar-refractivity contribution in [3.05, 3.63) is 24.3 Å². The van der Waals surface area contributed by atoms with Crippen LogP contribution in [0.3, 0.4) is 0 Å². The molecular weight excluding hydrogens is 302 g/mol. The quantitative estimate of drug-likeness (QED) is 0.749. The topological polar surface area (TPSA) is 70.2 Å². The average molecular weight is 331 g/mol. The van der Waals surface area contributed by atoms with Gasteiger partial charge in [0.1, 0.15) is 0 Å². The van der Waals surface area contributed by atoms with Crippen LogP contribution in [0.2, 0.25) is 0 Å². The van der Waals surface area contributed by atoms with E-state index in [-0.39, 0.29) is 17.7 Å². The highest BCUT2D eigenvalue weighted by Gasteiger charge is 2.22. The molecule has 3 N–H and O–H groups in total. The Bertz CT molecular complexity index is 565. The normalized spacial score (nSPS) is 18.9. The molecule has 2 rings (SSSR count). The van der Waals surface area contributed by atoms with Crippen LogP contribution in [-0.4, -0.2) is 24.9 Å². The van der Waals surface area contributed by atoms with Crippen LogP contribution in [0.1, 0.15) is 40.0 Å². The van der Waals surface area contributed by atoms with Crippen LogP contribution in [-0.2, 0) is 9.59 Å². The summed E-state index contributed by atoms with van der Waals surface area (Å²) in [6.07, 6.45) is 2.90. The van der Waals surface area contributed by atoms with Crippen molar-refractivity contribution in [1.82, 2.24) is 5.32 Å². The molecule has 0 bridgehead atoms. The molecule has 1 fully saturated rings. The molecular formula is C19H29N3O2. The summed E-state index contributed by atoms with van der Waals surface area (Å²) in [5.41, 5.74) is 1.42. The van der Waals surface area contributed by atoms with Gasteiger partial charge in [0.15, 0.2) is 0 Å². The first-order valence-electron chi connectivity index (χ1n) is 8.87. The Hall–Kier alpha value is -1.88. The highest BCUT2D eigenvalue weighted by Crippen LogP contribution is 2.23. The van der Waals surface area contributed by atoms with Crippen molar-refractivity contribution in [2.24, 2.45) is 17.8 Å². The lowest BCUT2D eigenvalue weighted by molar-refractivity contribution is -0.119. The maximum Gasteiger partial charge on any atom is 0.226 e. The zero-order chi connectivity index (χ0) is 17.5. The second kappa shape index (κ2) is 8.83. The number of piperidine rings is 1. The van der Waals surface area contributed by atoms with E-state index < -0.39 is 0 Å². The van der Waals surface area contributed by atoms with Gasteiger partial charge in [0.2, 0.25) is 11.8 Å². The molecule has 1 aliphatic heterocycles. The summed E-state index contributed by atoms with van der Waals surface area (Å²) in [7, 11) is 0. The van der Waals surface area contributed by atoms with Crippen molar-refractivity contribution in [3.8, 4) is 0 Å². The minimum absolute atomic E-state index is 0.0282. The van der Waals surface area contributed by atoms with Gasteiger partial charge in [0.05, 0.1) is 0 Å². The van der Waals surface area contributed by atoms with E-state index in [2.05, 4.69) is 22.9 Å². The molecule has 5 nitrogen and oxygen atoms in total. The maximum atomic E-state index is 12.3. The van der Waals surface area contributed by atoms with E-state index >= 15 is 0 Å². The predicted molar refractivity (Wildman–Crippen MR) is 97.9 cm³/mol. The van der Waals surface area contributed by atoms with Crippen LogP contribution >= 0.6 is 0 Å². The third-order valence-electron chi connectivity index (χ3n) is 4.59. The number of carbonyl (C=O) groups excluding carboxylic acids is 2. The van der Waals surface area contributed by atoms with E-state index in [4.69, 9.17) is 0 Å². The Morgan fingerprint density at radius 2 is 1.92 bits per heavy atom. The highest BCUT2D eigenvalue weighted by molar-refractivity contribution is 5.94. The fourth-order valence-electron chi connectivity index (χ4n) is 3.00. The molecule has 1 saturated heterocycles. The zero-order valence-electron chi connectivity index (χ0n) is 14.9. The minimum atomic E-state index is -0.0757. The number of carbonyl (C=O) groups is 2. The molecule has 1 aromatic carbocycles. The first-order chi connectivity index (χ1) is 11.5. The minimum Gasteiger partial charge on any atom is -0.326 e. The molecule has 0 saturated carbocycles. The van der Waals surface area contributed by atoms with Gasteiger partial charge < -0.3 is 16.0 Å². The van der Waals surface area contributed by atoms with Crippen LogP contribution in [0.5, 0.6) is 0 Å². The first-order valence-corrected chi connectivity index (χ1v) is 8.87. The van der Waals surface area contributed by atoms with Crippen molar-refractivity contribution >= 4 is 23.2 Å². The van der Waals surface area contributed by atoms with E-state index in [1.165, 1.54) is 12.8 Å².